The molecule has 1 fully saturated rings. The quantitative estimate of drug-likeness (QED) is 0.858. The molecule has 0 unspecified atom stereocenters. The fourth-order valence-corrected chi connectivity index (χ4v) is 2.24. The van der Waals surface area contributed by atoms with Gasteiger partial charge in [0.25, 0.3) is 0 Å². The SMILES string of the molecule is Cc1cc(F)cc(NC2(C(N)=O)CCOCC2)c1. The Kier molecular flexibility index (Phi) is 3.52. The molecule has 1 aliphatic heterocycles. The van der Waals surface area contributed by atoms with E-state index in [0.717, 1.165) is 5.56 Å². The first-order valence-electron chi connectivity index (χ1n) is 5.95. The Morgan fingerprint density at radius 1 is 1.39 bits per heavy atom. The molecule has 4 nitrogen and oxygen atoms in total. The number of nitrogens with one attached hydrogen (secondary N) is 1. The number of benzene rings is 1. The van der Waals surface area contributed by atoms with Gasteiger partial charge in [-0.2, -0.15) is 0 Å². The molecule has 0 spiro atoms. The van der Waals surface area contributed by atoms with Gasteiger partial charge < -0.3 is 15.8 Å². The number of rotatable bonds is 3. The van der Waals surface area contributed by atoms with Gasteiger partial charge in [-0.3, -0.25) is 4.79 Å². The van der Waals surface area contributed by atoms with Crippen LogP contribution in [0.15, 0.2) is 18.2 Å². The summed E-state index contributed by atoms with van der Waals surface area (Å²) in [5.41, 5.74) is 6.01. The van der Waals surface area contributed by atoms with Crippen molar-refractivity contribution in [2.45, 2.75) is 25.3 Å². The van der Waals surface area contributed by atoms with Crippen molar-refractivity contribution in [1.82, 2.24) is 0 Å². The maximum atomic E-state index is 13.3. The van der Waals surface area contributed by atoms with E-state index in [2.05, 4.69) is 5.32 Å². The van der Waals surface area contributed by atoms with Crippen molar-refractivity contribution in [1.29, 1.82) is 0 Å². The zero-order chi connectivity index (χ0) is 13.2. The van der Waals surface area contributed by atoms with E-state index in [1.807, 2.05) is 0 Å². The summed E-state index contributed by atoms with van der Waals surface area (Å²) in [6, 6.07) is 4.60. The number of hydrogen-bond acceptors (Lipinski definition) is 3. The van der Waals surface area contributed by atoms with Crippen molar-refractivity contribution in [3.8, 4) is 0 Å². The highest BCUT2D eigenvalue weighted by Gasteiger charge is 2.38. The molecule has 0 saturated carbocycles. The minimum absolute atomic E-state index is 0.329. The van der Waals surface area contributed by atoms with E-state index in [0.29, 0.717) is 31.7 Å². The summed E-state index contributed by atoms with van der Waals surface area (Å²) in [4.78, 5) is 11.7. The van der Waals surface area contributed by atoms with E-state index in [4.69, 9.17) is 10.5 Å². The van der Waals surface area contributed by atoms with Crippen LogP contribution in [-0.2, 0) is 9.53 Å². The minimum Gasteiger partial charge on any atom is -0.381 e. The molecule has 0 aromatic heterocycles. The van der Waals surface area contributed by atoms with Crippen LogP contribution in [0.4, 0.5) is 10.1 Å². The zero-order valence-corrected chi connectivity index (χ0v) is 10.3. The van der Waals surface area contributed by atoms with Gasteiger partial charge in [-0.05, 0) is 30.7 Å². The number of carbonyl (C=O) groups is 1. The number of primary amides is 1. The Balaban J connectivity index is 2.25. The van der Waals surface area contributed by atoms with E-state index in [1.165, 1.54) is 12.1 Å². The zero-order valence-electron chi connectivity index (χ0n) is 10.3. The highest BCUT2D eigenvalue weighted by atomic mass is 19.1. The lowest BCUT2D eigenvalue weighted by molar-refractivity contribution is -0.125. The maximum Gasteiger partial charge on any atom is 0.243 e. The third kappa shape index (κ3) is 2.61. The topological polar surface area (TPSA) is 64.3 Å². The summed E-state index contributed by atoms with van der Waals surface area (Å²) in [6.07, 6.45) is 0.996. The average Bonchev–Trinajstić information content (AvgIpc) is 2.28. The molecule has 5 heteroatoms. The lowest BCUT2D eigenvalue weighted by atomic mass is 9.89. The van der Waals surface area contributed by atoms with Crippen LogP contribution >= 0.6 is 0 Å². The van der Waals surface area contributed by atoms with E-state index < -0.39 is 11.4 Å². The molecule has 0 aliphatic carbocycles. The molecular weight excluding hydrogens is 235 g/mol. The van der Waals surface area contributed by atoms with Gasteiger partial charge in [0.05, 0.1) is 0 Å². The van der Waals surface area contributed by atoms with Crippen LogP contribution < -0.4 is 11.1 Å². The standard InChI is InChI=1S/C13H17FN2O2/c1-9-6-10(14)8-11(7-9)16-13(12(15)17)2-4-18-5-3-13/h6-8,16H,2-5H2,1H3,(H2,15,17). The van der Waals surface area contributed by atoms with Crippen molar-refractivity contribution >= 4 is 11.6 Å². The highest BCUT2D eigenvalue weighted by molar-refractivity contribution is 5.88. The van der Waals surface area contributed by atoms with Crippen molar-refractivity contribution in [2.24, 2.45) is 5.73 Å². The largest absolute Gasteiger partial charge is 0.381 e. The molecule has 18 heavy (non-hydrogen) atoms. The molecule has 0 atom stereocenters. The first-order valence-corrected chi connectivity index (χ1v) is 5.95. The maximum absolute atomic E-state index is 13.3. The molecule has 1 saturated heterocycles. The Labute approximate surface area is 105 Å². The number of carbonyl (C=O) groups excluding carboxylic acids is 1. The predicted octanol–water partition coefficient (Wildman–Crippen LogP) is 1.58. The first kappa shape index (κ1) is 12.8. The molecule has 1 aromatic carbocycles. The normalized spacial score (nSPS) is 18.3. The van der Waals surface area contributed by atoms with Crippen LogP contribution in [0.3, 0.4) is 0 Å². The van der Waals surface area contributed by atoms with E-state index in [1.54, 1.807) is 13.0 Å². The number of amides is 1. The van der Waals surface area contributed by atoms with Crippen LogP contribution in [-0.4, -0.2) is 24.7 Å². The number of nitrogens with two attached hydrogens (primary N) is 1. The van der Waals surface area contributed by atoms with E-state index in [9.17, 15) is 9.18 Å². The second-order valence-corrected chi connectivity index (χ2v) is 4.70. The molecule has 98 valence electrons. The number of halogens is 1. The van der Waals surface area contributed by atoms with Gasteiger partial charge >= 0.3 is 0 Å². The summed E-state index contributed by atoms with van der Waals surface area (Å²) in [5, 5.41) is 3.08. The van der Waals surface area contributed by atoms with Crippen LogP contribution in [0.2, 0.25) is 0 Å². The summed E-state index contributed by atoms with van der Waals surface area (Å²) in [7, 11) is 0. The van der Waals surface area contributed by atoms with Crippen LogP contribution in [0.5, 0.6) is 0 Å². The fourth-order valence-electron chi connectivity index (χ4n) is 2.24. The lowest BCUT2D eigenvalue weighted by Gasteiger charge is -2.36. The molecule has 1 aliphatic rings. The van der Waals surface area contributed by atoms with Crippen LogP contribution in [0, 0.1) is 12.7 Å². The molecule has 0 radical (unpaired) electrons. The van der Waals surface area contributed by atoms with Gasteiger partial charge in [-0.15, -0.1) is 0 Å². The number of ether oxygens (including phenoxy) is 1. The smallest absolute Gasteiger partial charge is 0.243 e. The van der Waals surface area contributed by atoms with Crippen LogP contribution in [0.25, 0.3) is 0 Å². The second kappa shape index (κ2) is 4.94. The molecule has 1 amide bonds. The number of anilines is 1. The van der Waals surface area contributed by atoms with Crippen molar-refractivity contribution in [3.63, 3.8) is 0 Å². The molecule has 0 bridgehead atoms. The third-order valence-electron chi connectivity index (χ3n) is 3.24. The lowest BCUT2D eigenvalue weighted by Crippen LogP contribution is -2.54. The number of aryl methyl sites for hydroxylation is 1. The summed E-state index contributed by atoms with van der Waals surface area (Å²) >= 11 is 0. The fraction of sp³-hybridized carbons (Fsp3) is 0.462. The van der Waals surface area contributed by atoms with E-state index >= 15 is 0 Å². The summed E-state index contributed by atoms with van der Waals surface area (Å²) in [6.45, 7) is 2.75. The van der Waals surface area contributed by atoms with Gasteiger partial charge in [-0.25, -0.2) is 4.39 Å². The van der Waals surface area contributed by atoms with Gasteiger partial charge in [0.2, 0.25) is 5.91 Å². The van der Waals surface area contributed by atoms with Gasteiger partial charge in [0.1, 0.15) is 11.4 Å². The molecule has 3 N–H and O–H groups in total. The monoisotopic (exact) mass is 252 g/mol. The molecule has 1 heterocycles. The Hall–Kier alpha value is -1.62. The average molecular weight is 252 g/mol. The molecule has 2 rings (SSSR count). The molecular formula is C13H17FN2O2. The third-order valence-corrected chi connectivity index (χ3v) is 3.24. The van der Waals surface area contributed by atoms with Crippen molar-refractivity contribution in [2.75, 3.05) is 18.5 Å². The van der Waals surface area contributed by atoms with E-state index in [-0.39, 0.29) is 5.82 Å². The van der Waals surface area contributed by atoms with Crippen molar-refractivity contribution < 1.29 is 13.9 Å². The van der Waals surface area contributed by atoms with Gasteiger partial charge in [0.15, 0.2) is 0 Å². The Morgan fingerprint density at radius 3 is 2.61 bits per heavy atom. The van der Waals surface area contributed by atoms with Crippen LogP contribution in [0.1, 0.15) is 18.4 Å². The highest BCUT2D eigenvalue weighted by Crippen LogP contribution is 2.26. The first-order chi connectivity index (χ1) is 8.52. The van der Waals surface area contributed by atoms with Gasteiger partial charge in [-0.1, -0.05) is 0 Å². The minimum atomic E-state index is -0.835. The summed E-state index contributed by atoms with van der Waals surface area (Å²) < 4.78 is 18.6. The predicted molar refractivity (Wildman–Crippen MR) is 66.7 cm³/mol. The van der Waals surface area contributed by atoms with Gasteiger partial charge in [0, 0.05) is 31.7 Å². The summed E-state index contributed by atoms with van der Waals surface area (Å²) in [5.74, 6) is -0.753. The van der Waals surface area contributed by atoms with Crippen molar-refractivity contribution in [3.05, 3.63) is 29.6 Å². The Morgan fingerprint density at radius 2 is 2.06 bits per heavy atom. The second-order valence-electron chi connectivity index (χ2n) is 4.70. The molecule has 1 aromatic rings. The number of hydrogen-bond donors (Lipinski definition) is 2. The Bertz CT molecular complexity index is 436.